The maximum atomic E-state index is 5.67. The Morgan fingerprint density at radius 1 is 1.17 bits per heavy atom. The van der Waals surface area contributed by atoms with Crippen molar-refractivity contribution in [1.29, 1.82) is 0 Å². The molecule has 90 valence electrons. The SMILES string of the molecule is Nc1ccc(Cn2cnc3cc(Br)cnc32)cc1. The van der Waals surface area contributed by atoms with Crippen molar-refractivity contribution < 1.29 is 0 Å². The van der Waals surface area contributed by atoms with E-state index in [9.17, 15) is 0 Å². The third-order valence-corrected chi connectivity index (χ3v) is 3.19. The molecule has 0 fully saturated rings. The van der Waals surface area contributed by atoms with Gasteiger partial charge in [-0.05, 0) is 39.7 Å². The summed E-state index contributed by atoms with van der Waals surface area (Å²) in [5.74, 6) is 0. The fourth-order valence-electron chi connectivity index (χ4n) is 1.86. The van der Waals surface area contributed by atoms with E-state index in [4.69, 9.17) is 5.73 Å². The minimum atomic E-state index is 0.741. The minimum absolute atomic E-state index is 0.741. The second-order valence-corrected chi connectivity index (χ2v) is 5.03. The van der Waals surface area contributed by atoms with E-state index < -0.39 is 0 Å². The van der Waals surface area contributed by atoms with Gasteiger partial charge in [-0.15, -0.1) is 0 Å². The first kappa shape index (κ1) is 11.2. The van der Waals surface area contributed by atoms with Crippen molar-refractivity contribution in [2.45, 2.75) is 6.54 Å². The van der Waals surface area contributed by atoms with Gasteiger partial charge < -0.3 is 10.3 Å². The minimum Gasteiger partial charge on any atom is -0.399 e. The van der Waals surface area contributed by atoms with Gasteiger partial charge in [-0.1, -0.05) is 12.1 Å². The number of nitrogens with two attached hydrogens (primary N) is 1. The molecular weight excluding hydrogens is 292 g/mol. The summed E-state index contributed by atoms with van der Waals surface area (Å²) in [6.45, 7) is 0.741. The topological polar surface area (TPSA) is 56.7 Å². The van der Waals surface area contributed by atoms with Crippen molar-refractivity contribution in [1.82, 2.24) is 14.5 Å². The number of aromatic nitrogens is 3. The molecule has 4 nitrogen and oxygen atoms in total. The highest BCUT2D eigenvalue weighted by Crippen LogP contribution is 2.17. The molecule has 0 amide bonds. The molecule has 3 aromatic rings. The smallest absolute Gasteiger partial charge is 0.160 e. The molecule has 2 N–H and O–H groups in total. The molecule has 0 aliphatic carbocycles. The van der Waals surface area contributed by atoms with Crippen LogP contribution in [0.2, 0.25) is 0 Å². The molecule has 1 aromatic carbocycles. The van der Waals surface area contributed by atoms with Crippen molar-refractivity contribution in [3.8, 4) is 0 Å². The van der Waals surface area contributed by atoms with E-state index in [-0.39, 0.29) is 0 Å². The van der Waals surface area contributed by atoms with Gasteiger partial charge >= 0.3 is 0 Å². The first-order valence-corrected chi connectivity index (χ1v) is 6.32. The number of benzene rings is 1. The summed E-state index contributed by atoms with van der Waals surface area (Å²) < 4.78 is 2.96. The lowest BCUT2D eigenvalue weighted by Gasteiger charge is -2.04. The Bertz CT molecular complexity index is 688. The molecule has 0 radical (unpaired) electrons. The predicted molar refractivity (Wildman–Crippen MR) is 75.2 cm³/mol. The first-order chi connectivity index (χ1) is 8.72. The zero-order chi connectivity index (χ0) is 12.5. The van der Waals surface area contributed by atoms with Crippen LogP contribution in [0.15, 0.2) is 47.3 Å². The van der Waals surface area contributed by atoms with Crippen molar-refractivity contribution in [2.75, 3.05) is 5.73 Å². The van der Waals surface area contributed by atoms with E-state index >= 15 is 0 Å². The van der Waals surface area contributed by atoms with Crippen molar-refractivity contribution in [2.24, 2.45) is 0 Å². The molecule has 0 unspecified atom stereocenters. The standard InChI is InChI=1S/C13H11BrN4/c14-10-5-12-13(16-6-10)18(8-17-12)7-9-1-3-11(15)4-2-9/h1-6,8H,7,15H2. The van der Waals surface area contributed by atoms with Crippen LogP contribution in [0.3, 0.4) is 0 Å². The molecule has 0 spiro atoms. The van der Waals surface area contributed by atoms with E-state index in [2.05, 4.69) is 25.9 Å². The molecule has 3 rings (SSSR count). The van der Waals surface area contributed by atoms with Crippen molar-refractivity contribution in [3.05, 3.63) is 52.9 Å². The van der Waals surface area contributed by atoms with Crippen LogP contribution in [-0.2, 0) is 6.54 Å². The lowest BCUT2D eigenvalue weighted by atomic mass is 10.2. The van der Waals surface area contributed by atoms with Gasteiger partial charge in [0.1, 0.15) is 5.52 Å². The molecule has 0 saturated heterocycles. The molecule has 0 bridgehead atoms. The molecule has 2 heterocycles. The van der Waals surface area contributed by atoms with Crippen LogP contribution in [0.4, 0.5) is 5.69 Å². The van der Waals surface area contributed by atoms with E-state index in [0.717, 1.165) is 27.9 Å². The highest BCUT2D eigenvalue weighted by Gasteiger charge is 2.05. The molecule has 5 heteroatoms. The third kappa shape index (κ3) is 2.09. The lowest BCUT2D eigenvalue weighted by molar-refractivity contribution is 0.814. The zero-order valence-corrected chi connectivity index (χ0v) is 11.1. The molecule has 0 atom stereocenters. The lowest BCUT2D eigenvalue weighted by Crippen LogP contribution is -1.99. The van der Waals surface area contributed by atoms with E-state index in [1.165, 1.54) is 5.56 Å². The van der Waals surface area contributed by atoms with Gasteiger partial charge in [0.2, 0.25) is 0 Å². The quantitative estimate of drug-likeness (QED) is 0.741. The number of nitrogens with zero attached hydrogens (tertiary/aromatic N) is 3. The van der Waals surface area contributed by atoms with Gasteiger partial charge in [-0.25, -0.2) is 9.97 Å². The maximum Gasteiger partial charge on any atom is 0.160 e. The van der Waals surface area contributed by atoms with Crippen LogP contribution in [0.1, 0.15) is 5.56 Å². The van der Waals surface area contributed by atoms with Crippen molar-refractivity contribution >= 4 is 32.8 Å². The molecule has 18 heavy (non-hydrogen) atoms. The largest absolute Gasteiger partial charge is 0.399 e. The van der Waals surface area contributed by atoms with E-state index in [1.807, 2.05) is 34.9 Å². The Hall–Kier alpha value is -1.88. The Morgan fingerprint density at radius 2 is 1.94 bits per heavy atom. The Labute approximate surface area is 113 Å². The fraction of sp³-hybridized carbons (Fsp3) is 0.0769. The van der Waals surface area contributed by atoms with Crippen LogP contribution in [-0.4, -0.2) is 14.5 Å². The number of nitrogen functional groups attached to an aromatic ring is 1. The van der Waals surface area contributed by atoms with Crippen molar-refractivity contribution in [3.63, 3.8) is 0 Å². The molecule has 0 aliphatic rings. The average molecular weight is 303 g/mol. The van der Waals surface area contributed by atoms with Gasteiger partial charge in [-0.3, -0.25) is 0 Å². The van der Waals surface area contributed by atoms with Gasteiger partial charge in [-0.2, -0.15) is 0 Å². The molecule has 0 aliphatic heterocycles. The van der Waals surface area contributed by atoms with Crippen LogP contribution in [0, 0.1) is 0 Å². The zero-order valence-electron chi connectivity index (χ0n) is 9.55. The number of halogens is 1. The number of anilines is 1. The second-order valence-electron chi connectivity index (χ2n) is 4.11. The monoisotopic (exact) mass is 302 g/mol. The molecule has 2 aromatic heterocycles. The summed E-state index contributed by atoms with van der Waals surface area (Å²) in [4.78, 5) is 8.72. The van der Waals surface area contributed by atoms with E-state index in [0.29, 0.717) is 0 Å². The number of hydrogen-bond donors (Lipinski definition) is 1. The van der Waals surface area contributed by atoms with Crippen LogP contribution >= 0.6 is 15.9 Å². The summed E-state index contributed by atoms with van der Waals surface area (Å²) in [6.07, 6.45) is 3.59. The summed E-state index contributed by atoms with van der Waals surface area (Å²) in [7, 11) is 0. The molecular formula is C13H11BrN4. The fourth-order valence-corrected chi connectivity index (χ4v) is 2.18. The number of rotatable bonds is 2. The first-order valence-electron chi connectivity index (χ1n) is 5.53. The third-order valence-electron chi connectivity index (χ3n) is 2.75. The Balaban J connectivity index is 1.97. The average Bonchev–Trinajstić information content (AvgIpc) is 2.74. The predicted octanol–water partition coefficient (Wildman–Crippen LogP) is 2.82. The highest BCUT2D eigenvalue weighted by atomic mass is 79.9. The number of imidazole rings is 1. The summed E-state index contributed by atoms with van der Waals surface area (Å²) in [5.41, 5.74) is 9.39. The van der Waals surface area contributed by atoms with Crippen LogP contribution in [0.5, 0.6) is 0 Å². The summed E-state index contributed by atoms with van der Waals surface area (Å²) in [6, 6.07) is 9.79. The van der Waals surface area contributed by atoms with E-state index in [1.54, 1.807) is 12.5 Å². The van der Waals surface area contributed by atoms with Gasteiger partial charge in [0.05, 0.1) is 12.9 Å². The highest BCUT2D eigenvalue weighted by molar-refractivity contribution is 9.10. The van der Waals surface area contributed by atoms with Crippen LogP contribution < -0.4 is 5.73 Å². The second kappa shape index (κ2) is 4.42. The number of fused-ring (bicyclic) bond motifs is 1. The Morgan fingerprint density at radius 3 is 2.72 bits per heavy atom. The Kier molecular flexibility index (Phi) is 2.76. The van der Waals surface area contributed by atoms with Crippen LogP contribution in [0.25, 0.3) is 11.2 Å². The molecule has 0 saturated carbocycles. The number of pyridine rings is 1. The summed E-state index contributed by atoms with van der Waals surface area (Å²) >= 11 is 3.39. The van der Waals surface area contributed by atoms with Gasteiger partial charge in [0.25, 0.3) is 0 Å². The normalized spacial score (nSPS) is 10.9. The maximum absolute atomic E-state index is 5.67. The van der Waals surface area contributed by atoms with Gasteiger partial charge in [0.15, 0.2) is 5.65 Å². The number of hydrogen-bond acceptors (Lipinski definition) is 3. The summed E-state index contributed by atoms with van der Waals surface area (Å²) in [5, 5.41) is 0. The van der Waals surface area contributed by atoms with Gasteiger partial charge in [0, 0.05) is 16.4 Å².